The normalized spacial score (nSPS) is 32.2. The van der Waals surface area contributed by atoms with Crippen LogP contribution in [0, 0.1) is 17.3 Å². The van der Waals surface area contributed by atoms with E-state index in [4.69, 9.17) is 18.9 Å². The predicted molar refractivity (Wildman–Crippen MR) is 128 cm³/mol. The number of hydrogen-bond donors (Lipinski definition) is 1. The summed E-state index contributed by atoms with van der Waals surface area (Å²) in [5.41, 5.74) is -1.21. The summed E-state index contributed by atoms with van der Waals surface area (Å²) in [7, 11) is 1.54. The van der Waals surface area contributed by atoms with Gasteiger partial charge in [0.2, 0.25) is 0 Å². The first-order valence-electron chi connectivity index (χ1n) is 11.9. The van der Waals surface area contributed by atoms with Gasteiger partial charge < -0.3 is 24.1 Å². The Morgan fingerprint density at radius 2 is 1.63 bits per heavy atom. The van der Waals surface area contributed by atoms with Gasteiger partial charge in [0.15, 0.2) is 0 Å². The van der Waals surface area contributed by atoms with Crippen molar-refractivity contribution in [2.75, 3.05) is 7.11 Å². The van der Waals surface area contributed by atoms with Crippen LogP contribution in [0.4, 0.5) is 0 Å². The largest absolute Gasteiger partial charge is 0.497 e. The van der Waals surface area contributed by atoms with Crippen LogP contribution in [0.25, 0.3) is 0 Å². The van der Waals surface area contributed by atoms with E-state index >= 15 is 0 Å². The van der Waals surface area contributed by atoms with Crippen molar-refractivity contribution in [1.82, 2.24) is 0 Å². The zero-order valence-corrected chi connectivity index (χ0v) is 21.5. The van der Waals surface area contributed by atoms with Crippen molar-refractivity contribution >= 4 is 17.9 Å². The second-order valence-corrected chi connectivity index (χ2v) is 10.2. The highest BCUT2D eigenvalue weighted by Crippen LogP contribution is 2.59. The molecule has 0 unspecified atom stereocenters. The van der Waals surface area contributed by atoms with E-state index in [-0.39, 0.29) is 12.3 Å². The van der Waals surface area contributed by atoms with Crippen LogP contribution in [-0.2, 0) is 23.8 Å². The fraction of sp³-hybridized carbons (Fsp3) is 0.593. The molecule has 0 amide bonds. The molecule has 0 radical (unpaired) electrons. The first-order chi connectivity index (χ1) is 16.3. The molecule has 1 aromatic carbocycles. The Hall–Kier alpha value is -2.87. The molecule has 2 aliphatic rings. The lowest BCUT2D eigenvalue weighted by atomic mass is 9.66. The lowest BCUT2D eigenvalue weighted by molar-refractivity contribution is -0.174. The van der Waals surface area contributed by atoms with Crippen LogP contribution in [0.3, 0.4) is 0 Å². The predicted octanol–water partition coefficient (Wildman–Crippen LogP) is 3.85. The van der Waals surface area contributed by atoms with Gasteiger partial charge in [0, 0.05) is 32.6 Å². The molecule has 0 saturated heterocycles. The molecule has 1 fully saturated rings. The van der Waals surface area contributed by atoms with Crippen molar-refractivity contribution < 1.29 is 38.4 Å². The molecule has 1 N–H and O–H groups in total. The van der Waals surface area contributed by atoms with E-state index in [9.17, 15) is 19.5 Å². The minimum absolute atomic E-state index is 0.132. The van der Waals surface area contributed by atoms with Gasteiger partial charge in [-0.05, 0) is 43.2 Å². The minimum Gasteiger partial charge on any atom is -0.497 e. The molecular formula is C27H36O8. The molecule has 8 nitrogen and oxygen atoms in total. The highest BCUT2D eigenvalue weighted by Gasteiger charge is 2.68. The average molecular weight is 489 g/mol. The number of esters is 3. The van der Waals surface area contributed by atoms with Gasteiger partial charge in [-0.15, -0.1) is 0 Å². The Labute approximate surface area is 206 Å². The molecule has 0 aliphatic heterocycles. The Bertz CT molecular complexity index is 997. The van der Waals surface area contributed by atoms with Crippen molar-refractivity contribution in [2.24, 2.45) is 17.3 Å². The van der Waals surface area contributed by atoms with Gasteiger partial charge >= 0.3 is 17.9 Å². The van der Waals surface area contributed by atoms with Crippen molar-refractivity contribution in [1.29, 1.82) is 0 Å². The lowest BCUT2D eigenvalue weighted by Gasteiger charge is -2.45. The molecule has 8 heteroatoms. The molecule has 0 bridgehead atoms. The molecule has 35 heavy (non-hydrogen) atoms. The summed E-state index contributed by atoms with van der Waals surface area (Å²) in [5, 5.41) is 12.0. The zero-order chi connectivity index (χ0) is 26.1. The summed E-state index contributed by atoms with van der Waals surface area (Å²) < 4.78 is 22.7. The molecule has 6 atom stereocenters. The Kier molecular flexibility index (Phi) is 7.65. The summed E-state index contributed by atoms with van der Waals surface area (Å²) in [6.45, 7) is 10.1. The molecule has 1 saturated carbocycles. The van der Waals surface area contributed by atoms with Crippen molar-refractivity contribution in [3.05, 3.63) is 41.5 Å². The third kappa shape index (κ3) is 5.08. The second-order valence-electron chi connectivity index (χ2n) is 10.2. The Morgan fingerprint density at radius 3 is 2.14 bits per heavy atom. The highest BCUT2D eigenvalue weighted by molar-refractivity contribution is 5.89. The van der Waals surface area contributed by atoms with Crippen LogP contribution in [0.5, 0.6) is 5.75 Å². The van der Waals surface area contributed by atoms with E-state index in [0.29, 0.717) is 17.7 Å². The summed E-state index contributed by atoms with van der Waals surface area (Å²) in [4.78, 5) is 37.3. The maximum Gasteiger partial charge on any atom is 0.338 e. The molecule has 0 spiro atoms. The smallest absolute Gasteiger partial charge is 0.338 e. The van der Waals surface area contributed by atoms with Crippen LogP contribution in [0.15, 0.2) is 35.9 Å². The zero-order valence-electron chi connectivity index (χ0n) is 21.5. The maximum absolute atomic E-state index is 13.2. The molecule has 3 rings (SSSR count). The number of carbonyl (C=O) groups is 3. The fourth-order valence-electron chi connectivity index (χ4n) is 5.75. The van der Waals surface area contributed by atoms with Gasteiger partial charge in [0.1, 0.15) is 24.1 Å². The summed E-state index contributed by atoms with van der Waals surface area (Å²) >= 11 is 0. The van der Waals surface area contributed by atoms with Gasteiger partial charge in [-0.2, -0.15) is 0 Å². The minimum atomic E-state index is -1.35. The fourth-order valence-corrected chi connectivity index (χ4v) is 5.75. The van der Waals surface area contributed by atoms with Gasteiger partial charge in [-0.25, -0.2) is 4.79 Å². The van der Waals surface area contributed by atoms with Crippen molar-refractivity contribution in [3.63, 3.8) is 0 Å². The highest BCUT2D eigenvalue weighted by atomic mass is 16.6. The molecule has 0 aromatic heterocycles. The summed E-state index contributed by atoms with van der Waals surface area (Å²) in [6.07, 6.45) is -0.00990. The molecule has 1 aromatic rings. The third-order valence-electron chi connectivity index (χ3n) is 7.54. The van der Waals surface area contributed by atoms with Crippen molar-refractivity contribution in [2.45, 2.75) is 78.3 Å². The van der Waals surface area contributed by atoms with E-state index in [0.717, 1.165) is 5.57 Å². The first kappa shape index (κ1) is 26.7. The standard InChI is InChI=1S/C27H36O8/c1-15(2)27(31)14-23(34-18(5)29)26(6)22(33-17(4)28)13-16(3)12-21(24(26)27)35-25(30)19-8-10-20(32-7)11-9-19/h8-11,13,15,21-24,31H,12,14H2,1-7H3/t21-,22+,23-,24+,26-,27+/m0/s1. The summed E-state index contributed by atoms with van der Waals surface area (Å²) in [5.74, 6) is -1.86. The Balaban J connectivity index is 2.10. The van der Waals surface area contributed by atoms with E-state index in [1.54, 1.807) is 31.4 Å². The number of hydrogen-bond acceptors (Lipinski definition) is 8. The molecule has 0 heterocycles. The van der Waals surface area contributed by atoms with E-state index in [2.05, 4.69) is 0 Å². The molecular weight excluding hydrogens is 452 g/mol. The topological polar surface area (TPSA) is 108 Å². The first-order valence-corrected chi connectivity index (χ1v) is 11.9. The van der Waals surface area contributed by atoms with E-state index < -0.39 is 53.2 Å². The van der Waals surface area contributed by atoms with Gasteiger partial charge in [-0.3, -0.25) is 9.59 Å². The van der Waals surface area contributed by atoms with Gasteiger partial charge in [0.25, 0.3) is 0 Å². The summed E-state index contributed by atoms with van der Waals surface area (Å²) in [6, 6.07) is 6.58. The number of rotatable bonds is 6. The number of benzene rings is 1. The number of carbonyl (C=O) groups excluding carboxylic acids is 3. The van der Waals surface area contributed by atoms with Gasteiger partial charge in [0.05, 0.1) is 23.7 Å². The SMILES string of the molecule is COc1ccc(C(=O)O[C@H]2CC(C)=C[C@@H](OC(C)=O)[C@@]3(C)[C@@H](OC(C)=O)C[C@@](O)(C(C)C)[C@H]23)cc1. The third-order valence-corrected chi connectivity index (χ3v) is 7.54. The molecule has 192 valence electrons. The van der Waals surface area contributed by atoms with E-state index in [1.807, 2.05) is 33.8 Å². The number of methoxy groups -OCH3 is 1. The number of ether oxygens (including phenoxy) is 4. The van der Waals surface area contributed by atoms with Crippen LogP contribution in [-0.4, -0.2) is 54.0 Å². The quantitative estimate of drug-likeness (QED) is 0.365. The second kappa shape index (κ2) is 10.0. The lowest BCUT2D eigenvalue weighted by Crippen LogP contribution is -2.54. The average Bonchev–Trinajstić information content (AvgIpc) is 2.93. The van der Waals surface area contributed by atoms with Crippen molar-refractivity contribution in [3.8, 4) is 5.75 Å². The van der Waals surface area contributed by atoms with Gasteiger partial charge in [-0.1, -0.05) is 26.3 Å². The van der Waals surface area contributed by atoms with E-state index in [1.165, 1.54) is 13.8 Å². The van der Waals surface area contributed by atoms with Crippen LogP contribution >= 0.6 is 0 Å². The monoisotopic (exact) mass is 488 g/mol. The number of fused-ring (bicyclic) bond motifs is 1. The van der Waals surface area contributed by atoms with Crippen LogP contribution in [0.2, 0.25) is 0 Å². The van der Waals surface area contributed by atoms with Crippen LogP contribution < -0.4 is 4.74 Å². The maximum atomic E-state index is 13.2. The number of aliphatic hydroxyl groups is 1. The Morgan fingerprint density at radius 1 is 1.03 bits per heavy atom. The van der Waals surface area contributed by atoms with Crippen LogP contribution in [0.1, 0.15) is 64.7 Å². The molecule has 2 aliphatic carbocycles.